The van der Waals surface area contributed by atoms with E-state index in [1.165, 1.54) is 141 Å². The Morgan fingerprint density at radius 2 is 0.542 bits per heavy atom. The zero-order chi connectivity index (χ0) is 36.0. The minimum atomic E-state index is -3.99. The molecule has 0 rings (SSSR count). The van der Waals surface area contributed by atoms with Crippen LogP contribution in [0.1, 0.15) is 181 Å². The van der Waals surface area contributed by atoms with Gasteiger partial charge in [0, 0.05) is 12.8 Å². The topological polar surface area (TPSA) is 109 Å². The average Bonchev–Trinajstić information content (AvgIpc) is 3.00. The third-order valence-electron chi connectivity index (χ3n) is 10.5. The molecule has 0 aliphatic rings. The summed E-state index contributed by atoms with van der Waals surface area (Å²) in [5.74, 6) is -0.419. The lowest BCUT2D eigenvalue weighted by Gasteiger charge is -2.40. The molecule has 0 spiro atoms. The number of nitrogens with zero attached hydrogens (tertiary/aromatic N) is 2. The van der Waals surface area contributed by atoms with Gasteiger partial charge in [0.2, 0.25) is 0 Å². The number of hydrogen-bond acceptors (Lipinski definition) is 4. The molecular formula is C38H82N2O6S2+2. The summed E-state index contributed by atoms with van der Waals surface area (Å²) < 4.78 is 66.1. The molecule has 0 aromatic carbocycles. The monoisotopic (exact) mass is 727 g/mol. The summed E-state index contributed by atoms with van der Waals surface area (Å²) in [7, 11) is -3.54. The van der Waals surface area contributed by atoms with Gasteiger partial charge in [0.1, 0.15) is 13.1 Å². The molecule has 0 amide bonds. The molecule has 0 fully saturated rings. The fraction of sp³-hybridized carbons (Fsp3) is 1.00. The molecule has 0 aliphatic carbocycles. The van der Waals surface area contributed by atoms with E-state index in [-0.39, 0.29) is 11.5 Å². The highest BCUT2D eigenvalue weighted by Crippen LogP contribution is 2.18. The number of rotatable bonds is 37. The van der Waals surface area contributed by atoms with Gasteiger partial charge in [0.25, 0.3) is 20.2 Å². The Morgan fingerprint density at radius 1 is 0.333 bits per heavy atom. The Balaban J connectivity index is 4.85. The molecule has 2 N–H and O–H groups in total. The Bertz CT molecular complexity index is 871. The third-order valence-corrected chi connectivity index (χ3v) is 12.1. The van der Waals surface area contributed by atoms with Crippen molar-refractivity contribution in [3.05, 3.63) is 0 Å². The zero-order valence-electron chi connectivity index (χ0n) is 32.3. The minimum absolute atomic E-state index is 0.210. The van der Waals surface area contributed by atoms with E-state index >= 15 is 0 Å². The van der Waals surface area contributed by atoms with Crippen molar-refractivity contribution < 1.29 is 34.9 Å². The molecule has 0 aromatic rings. The number of hydrogen-bond donors (Lipinski definition) is 2. The summed E-state index contributed by atoms with van der Waals surface area (Å²) in [6.07, 6.45) is 32.0. The van der Waals surface area contributed by atoms with Crippen LogP contribution in [0.3, 0.4) is 0 Å². The Hall–Kier alpha value is -0.260. The molecule has 8 nitrogen and oxygen atoms in total. The molecule has 0 saturated heterocycles. The van der Waals surface area contributed by atoms with E-state index in [9.17, 15) is 25.9 Å². The van der Waals surface area contributed by atoms with Crippen molar-refractivity contribution in [2.75, 3.05) is 64.9 Å². The zero-order valence-corrected chi connectivity index (χ0v) is 33.9. The van der Waals surface area contributed by atoms with Crippen LogP contribution in [0.2, 0.25) is 0 Å². The van der Waals surface area contributed by atoms with Crippen LogP contribution in [0, 0.1) is 0 Å². The van der Waals surface area contributed by atoms with Gasteiger partial charge in [-0.3, -0.25) is 9.11 Å². The fourth-order valence-electron chi connectivity index (χ4n) is 7.08. The standard InChI is InChI=1S/C38H80N2O6S2/c1-5-7-9-11-13-15-17-19-21-23-25-27-31-39(3,33-29-37-47(41,42)43)35-36-40(4,34-30-38-48(44,45)46)32-28-26-24-22-20-18-16-14-12-10-8-6-2/h5-38H2,1-4H3/p+2. The van der Waals surface area contributed by atoms with E-state index in [0.717, 1.165) is 48.0 Å². The smallest absolute Gasteiger partial charge is 0.265 e. The van der Waals surface area contributed by atoms with Crippen LogP contribution in [0.4, 0.5) is 0 Å². The maximum Gasteiger partial charge on any atom is 0.265 e. The highest BCUT2D eigenvalue weighted by molar-refractivity contribution is 7.86. The molecule has 0 aliphatic heterocycles. The fourth-order valence-corrected chi connectivity index (χ4v) is 8.07. The second kappa shape index (κ2) is 29.3. The van der Waals surface area contributed by atoms with E-state index in [2.05, 4.69) is 27.9 Å². The van der Waals surface area contributed by atoms with Gasteiger partial charge in [-0.1, -0.05) is 142 Å². The summed E-state index contributed by atoms with van der Waals surface area (Å²) in [4.78, 5) is 0. The van der Waals surface area contributed by atoms with Gasteiger partial charge in [0.05, 0.1) is 51.8 Å². The molecule has 0 aromatic heterocycles. The van der Waals surface area contributed by atoms with E-state index in [1.807, 2.05) is 0 Å². The van der Waals surface area contributed by atoms with Crippen molar-refractivity contribution in [3.63, 3.8) is 0 Å². The first-order chi connectivity index (χ1) is 22.7. The second-order valence-electron chi connectivity index (χ2n) is 15.6. The molecule has 0 radical (unpaired) electrons. The van der Waals surface area contributed by atoms with E-state index in [1.54, 1.807) is 0 Å². The summed E-state index contributed by atoms with van der Waals surface area (Å²) >= 11 is 0. The Morgan fingerprint density at radius 3 is 0.771 bits per heavy atom. The first-order valence-electron chi connectivity index (χ1n) is 20.3. The predicted octanol–water partition coefficient (Wildman–Crippen LogP) is 9.84. The molecule has 0 saturated carbocycles. The van der Waals surface area contributed by atoms with Crippen LogP contribution >= 0.6 is 0 Å². The van der Waals surface area contributed by atoms with Gasteiger partial charge in [-0.05, 0) is 25.7 Å². The number of quaternary nitrogens is 2. The summed E-state index contributed by atoms with van der Waals surface area (Å²) in [5.41, 5.74) is 0. The summed E-state index contributed by atoms with van der Waals surface area (Å²) in [6, 6.07) is 0. The van der Waals surface area contributed by atoms with Crippen LogP contribution in [-0.4, -0.2) is 99.8 Å². The average molecular weight is 727 g/mol. The van der Waals surface area contributed by atoms with Crippen molar-refractivity contribution in [2.24, 2.45) is 0 Å². The molecule has 10 heteroatoms. The van der Waals surface area contributed by atoms with Gasteiger partial charge in [-0.2, -0.15) is 16.8 Å². The molecule has 290 valence electrons. The maximum atomic E-state index is 11.5. The second-order valence-corrected chi connectivity index (χ2v) is 18.8. The van der Waals surface area contributed by atoms with E-state index in [4.69, 9.17) is 0 Å². The number of likely N-dealkylation sites (N-methyl/N-ethyl adjacent to an activating group) is 2. The lowest BCUT2D eigenvalue weighted by molar-refractivity contribution is -0.964. The van der Waals surface area contributed by atoms with Gasteiger partial charge >= 0.3 is 0 Å². The normalized spacial score (nSPS) is 15.0. The van der Waals surface area contributed by atoms with Crippen LogP contribution in [0.15, 0.2) is 0 Å². The first kappa shape index (κ1) is 47.7. The van der Waals surface area contributed by atoms with Crippen LogP contribution < -0.4 is 0 Å². The predicted molar refractivity (Wildman–Crippen MR) is 206 cm³/mol. The van der Waals surface area contributed by atoms with Crippen molar-refractivity contribution in [1.82, 2.24) is 0 Å². The Labute approximate surface area is 299 Å². The van der Waals surface area contributed by atoms with Crippen molar-refractivity contribution in [3.8, 4) is 0 Å². The molecule has 0 heterocycles. The molecule has 2 unspecified atom stereocenters. The highest BCUT2D eigenvalue weighted by atomic mass is 32.2. The molecule has 0 bridgehead atoms. The molecule has 48 heavy (non-hydrogen) atoms. The number of unbranched alkanes of at least 4 members (excludes halogenated alkanes) is 22. The van der Waals surface area contributed by atoms with Crippen molar-refractivity contribution in [1.29, 1.82) is 0 Å². The lowest BCUT2D eigenvalue weighted by Crippen LogP contribution is -2.56. The van der Waals surface area contributed by atoms with Crippen molar-refractivity contribution in [2.45, 2.75) is 181 Å². The minimum Gasteiger partial charge on any atom is -0.321 e. The highest BCUT2D eigenvalue weighted by Gasteiger charge is 2.29. The molecular weight excluding hydrogens is 645 g/mol. The van der Waals surface area contributed by atoms with Gasteiger partial charge in [0.15, 0.2) is 0 Å². The van der Waals surface area contributed by atoms with Crippen LogP contribution in [-0.2, 0) is 20.2 Å². The third kappa shape index (κ3) is 32.9. The van der Waals surface area contributed by atoms with E-state index in [0.29, 0.717) is 25.9 Å². The van der Waals surface area contributed by atoms with Crippen LogP contribution in [0.25, 0.3) is 0 Å². The van der Waals surface area contributed by atoms with Gasteiger partial charge in [-0.25, -0.2) is 0 Å². The van der Waals surface area contributed by atoms with E-state index < -0.39 is 20.2 Å². The van der Waals surface area contributed by atoms with Crippen LogP contribution in [0.5, 0.6) is 0 Å². The quantitative estimate of drug-likeness (QED) is 0.0375. The SMILES string of the molecule is CCCCCCCCCCCCCC[N+](C)(CCCS(=O)(=O)O)CC[N+](C)(CCCCCCCCCCCCCC)CCCS(=O)(=O)O. The van der Waals surface area contributed by atoms with Crippen molar-refractivity contribution >= 4 is 20.2 Å². The maximum absolute atomic E-state index is 11.5. The first-order valence-corrected chi connectivity index (χ1v) is 23.5. The summed E-state index contributed by atoms with van der Waals surface area (Å²) in [5, 5.41) is 0. The largest absolute Gasteiger partial charge is 0.321 e. The van der Waals surface area contributed by atoms with Gasteiger partial charge < -0.3 is 8.97 Å². The Kier molecular flexibility index (Phi) is 29.2. The van der Waals surface area contributed by atoms with Gasteiger partial charge in [-0.15, -0.1) is 0 Å². The lowest BCUT2D eigenvalue weighted by atomic mass is 10.0. The molecule has 2 atom stereocenters. The summed E-state index contributed by atoms with van der Waals surface area (Å²) in [6.45, 7) is 9.63.